The van der Waals surface area contributed by atoms with Crippen LogP contribution in [0.1, 0.15) is 26.7 Å². The van der Waals surface area contributed by atoms with E-state index >= 15 is 0 Å². The second kappa shape index (κ2) is 6.84. The molecule has 4 heteroatoms. The molecule has 0 saturated carbocycles. The van der Waals surface area contributed by atoms with E-state index in [0.29, 0.717) is 5.92 Å². The molecule has 0 spiro atoms. The van der Waals surface area contributed by atoms with Crippen molar-refractivity contribution in [3.05, 3.63) is 18.2 Å². The van der Waals surface area contributed by atoms with Gasteiger partial charge < -0.3 is 20.1 Å². The Labute approximate surface area is 121 Å². The standard InChI is InChI=1S/C16H26N2O2/c1-4-7-20-15-9-13(17)8-14(10-15)18-6-5-12(2)16(11-18)19-3/h8-10,12,16H,4-7,11,17H2,1-3H3. The van der Waals surface area contributed by atoms with E-state index in [0.717, 1.165) is 49.7 Å². The van der Waals surface area contributed by atoms with Crippen molar-refractivity contribution in [2.45, 2.75) is 32.8 Å². The highest BCUT2D eigenvalue weighted by Crippen LogP contribution is 2.29. The molecule has 0 radical (unpaired) electrons. The van der Waals surface area contributed by atoms with Crippen LogP contribution < -0.4 is 15.4 Å². The summed E-state index contributed by atoms with van der Waals surface area (Å²) >= 11 is 0. The normalized spacial score (nSPS) is 22.9. The van der Waals surface area contributed by atoms with Crippen LogP contribution in [0, 0.1) is 5.92 Å². The molecule has 2 atom stereocenters. The topological polar surface area (TPSA) is 47.7 Å². The summed E-state index contributed by atoms with van der Waals surface area (Å²) in [5.41, 5.74) is 7.88. The molecule has 2 N–H and O–H groups in total. The van der Waals surface area contributed by atoms with E-state index in [4.69, 9.17) is 15.2 Å². The minimum Gasteiger partial charge on any atom is -0.493 e. The van der Waals surface area contributed by atoms with Gasteiger partial charge in [-0.05, 0) is 24.8 Å². The van der Waals surface area contributed by atoms with Crippen LogP contribution in [0.2, 0.25) is 0 Å². The first-order valence-corrected chi connectivity index (χ1v) is 7.45. The van der Waals surface area contributed by atoms with Gasteiger partial charge in [0.15, 0.2) is 0 Å². The second-order valence-electron chi connectivity index (χ2n) is 5.59. The molecular weight excluding hydrogens is 252 g/mol. The zero-order chi connectivity index (χ0) is 14.5. The lowest BCUT2D eigenvalue weighted by Gasteiger charge is -2.37. The predicted molar refractivity (Wildman–Crippen MR) is 83.4 cm³/mol. The van der Waals surface area contributed by atoms with Gasteiger partial charge in [0.2, 0.25) is 0 Å². The first kappa shape index (κ1) is 15.0. The van der Waals surface area contributed by atoms with Gasteiger partial charge in [0.25, 0.3) is 0 Å². The molecule has 1 saturated heterocycles. The van der Waals surface area contributed by atoms with Gasteiger partial charge in [-0.25, -0.2) is 0 Å². The third-order valence-electron chi connectivity index (χ3n) is 3.94. The largest absolute Gasteiger partial charge is 0.493 e. The number of piperidine rings is 1. The predicted octanol–water partition coefficient (Wildman–Crippen LogP) is 2.92. The lowest BCUT2D eigenvalue weighted by Crippen LogP contribution is -2.43. The molecule has 1 aliphatic heterocycles. The van der Waals surface area contributed by atoms with Crippen molar-refractivity contribution < 1.29 is 9.47 Å². The van der Waals surface area contributed by atoms with Crippen molar-refractivity contribution in [1.82, 2.24) is 0 Å². The molecule has 20 heavy (non-hydrogen) atoms. The number of ether oxygens (including phenoxy) is 2. The van der Waals surface area contributed by atoms with E-state index in [-0.39, 0.29) is 6.10 Å². The average Bonchev–Trinajstić information content (AvgIpc) is 2.45. The summed E-state index contributed by atoms with van der Waals surface area (Å²) in [4.78, 5) is 2.34. The number of nitrogens with zero attached hydrogens (tertiary/aromatic N) is 1. The number of hydrogen-bond acceptors (Lipinski definition) is 4. The third-order valence-corrected chi connectivity index (χ3v) is 3.94. The lowest BCUT2D eigenvalue weighted by atomic mass is 9.95. The Morgan fingerprint density at radius 1 is 1.35 bits per heavy atom. The minimum absolute atomic E-state index is 0.283. The van der Waals surface area contributed by atoms with E-state index in [9.17, 15) is 0 Å². The van der Waals surface area contributed by atoms with Gasteiger partial charge in [0.05, 0.1) is 12.7 Å². The Bertz CT molecular complexity index is 436. The monoisotopic (exact) mass is 278 g/mol. The SMILES string of the molecule is CCCOc1cc(N)cc(N2CCC(C)C(OC)C2)c1. The molecule has 0 amide bonds. The van der Waals surface area contributed by atoms with Crippen molar-refractivity contribution in [1.29, 1.82) is 0 Å². The van der Waals surface area contributed by atoms with E-state index in [2.05, 4.69) is 24.8 Å². The van der Waals surface area contributed by atoms with Crippen LogP contribution in [0.3, 0.4) is 0 Å². The van der Waals surface area contributed by atoms with Crippen LogP contribution >= 0.6 is 0 Å². The number of rotatable bonds is 5. The summed E-state index contributed by atoms with van der Waals surface area (Å²) in [6, 6.07) is 5.98. The molecule has 1 fully saturated rings. The van der Waals surface area contributed by atoms with Crippen molar-refractivity contribution >= 4 is 11.4 Å². The van der Waals surface area contributed by atoms with Gasteiger partial charge >= 0.3 is 0 Å². The summed E-state index contributed by atoms with van der Waals surface area (Å²) in [7, 11) is 1.79. The number of anilines is 2. The van der Waals surface area contributed by atoms with Crippen molar-refractivity contribution in [3.63, 3.8) is 0 Å². The van der Waals surface area contributed by atoms with Gasteiger partial charge in [0.1, 0.15) is 5.75 Å². The van der Waals surface area contributed by atoms with Crippen molar-refractivity contribution in [2.75, 3.05) is 37.4 Å². The first-order chi connectivity index (χ1) is 9.63. The van der Waals surface area contributed by atoms with Crippen LogP contribution in [-0.4, -0.2) is 32.9 Å². The Morgan fingerprint density at radius 3 is 2.85 bits per heavy atom. The maximum atomic E-state index is 5.99. The summed E-state index contributed by atoms with van der Waals surface area (Å²) in [5, 5.41) is 0. The molecular formula is C16H26N2O2. The second-order valence-corrected chi connectivity index (χ2v) is 5.59. The summed E-state index contributed by atoms with van der Waals surface area (Å²) in [5.74, 6) is 1.46. The van der Waals surface area contributed by atoms with Gasteiger partial charge in [-0.2, -0.15) is 0 Å². The summed E-state index contributed by atoms with van der Waals surface area (Å²) in [6.07, 6.45) is 2.42. The zero-order valence-corrected chi connectivity index (χ0v) is 12.8. The molecule has 1 aromatic carbocycles. The van der Waals surface area contributed by atoms with Crippen LogP contribution in [-0.2, 0) is 4.74 Å². The van der Waals surface area contributed by atoms with Crippen molar-refractivity contribution in [3.8, 4) is 5.75 Å². The molecule has 2 unspecified atom stereocenters. The zero-order valence-electron chi connectivity index (χ0n) is 12.8. The smallest absolute Gasteiger partial charge is 0.123 e. The number of nitrogen functional groups attached to an aromatic ring is 1. The molecule has 112 valence electrons. The van der Waals surface area contributed by atoms with Gasteiger partial charge in [-0.3, -0.25) is 0 Å². The average molecular weight is 278 g/mol. The minimum atomic E-state index is 0.283. The molecule has 1 aromatic rings. The van der Waals surface area contributed by atoms with Crippen LogP contribution in [0.5, 0.6) is 5.75 Å². The highest BCUT2D eigenvalue weighted by atomic mass is 16.5. The fourth-order valence-electron chi connectivity index (χ4n) is 2.67. The molecule has 4 nitrogen and oxygen atoms in total. The van der Waals surface area contributed by atoms with Crippen LogP contribution in [0.15, 0.2) is 18.2 Å². The third kappa shape index (κ3) is 3.57. The molecule has 0 bridgehead atoms. The van der Waals surface area contributed by atoms with E-state index < -0.39 is 0 Å². The fourth-order valence-corrected chi connectivity index (χ4v) is 2.67. The molecule has 2 rings (SSSR count). The lowest BCUT2D eigenvalue weighted by molar-refractivity contribution is 0.0498. The van der Waals surface area contributed by atoms with Crippen LogP contribution in [0.4, 0.5) is 11.4 Å². The summed E-state index contributed by atoms with van der Waals surface area (Å²) < 4.78 is 11.3. The number of benzene rings is 1. The van der Waals surface area contributed by atoms with E-state index in [1.807, 2.05) is 12.1 Å². The van der Waals surface area contributed by atoms with Gasteiger partial charge in [-0.15, -0.1) is 0 Å². The van der Waals surface area contributed by atoms with Crippen LogP contribution in [0.25, 0.3) is 0 Å². The Balaban J connectivity index is 2.13. The first-order valence-electron chi connectivity index (χ1n) is 7.45. The van der Waals surface area contributed by atoms with Crippen molar-refractivity contribution in [2.24, 2.45) is 5.92 Å². The highest BCUT2D eigenvalue weighted by Gasteiger charge is 2.26. The number of methoxy groups -OCH3 is 1. The van der Waals surface area contributed by atoms with Gasteiger partial charge in [-0.1, -0.05) is 13.8 Å². The maximum absolute atomic E-state index is 5.99. The Morgan fingerprint density at radius 2 is 2.15 bits per heavy atom. The van der Waals surface area contributed by atoms with E-state index in [1.54, 1.807) is 7.11 Å². The number of hydrogen-bond donors (Lipinski definition) is 1. The molecule has 1 heterocycles. The van der Waals surface area contributed by atoms with Gasteiger partial charge in [0, 0.05) is 43.7 Å². The molecule has 1 aliphatic rings. The molecule has 0 aliphatic carbocycles. The maximum Gasteiger partial charge on any atom is 0.123 e. The number of nitrogens with two attached hydrogens (primary N) is 1. The van der Waals surface area contributed by atoms with E-state index in [1.165, 1.54) is 0 Å². The molecule has 0 aromatic heterocycles. The Hall–Kier alpha value is -1.42. The fraction of sp³-hybridized carbons (Fsp3) is 0.625. The Kier molecular flexibility index (Phi) is 5.12. The highest BCUT2D eigenvalue weighted by molar-refractivity contribution is 5.60. The quantitative estimate of drug-likeness (QED) is 0.841. The summed E-state index contributed by atoms with van der Waals surface area (Å²) in [6.45, 7) is 7.02.